The topological polar surface area (TPSA) is 24.9 Å². The van der Waals surface area contributed by atoms with Gasteiger partial charge >= 0.3 is 0 Å². The molecule has 20 heavy (non-hydrogen) atoms. The maximum Gasteiger partial charge on any atom is 0.0701 e. The van der Waals surface area contributed by atoms with Gasteiger partial charge in [0.25, 0.3) is 0 Å². The van der Waals surface area contributed by atoms with Gasteiger partial charge in [-0.2, -0.15) is 0 Å². The van der Waals surface area contributed by atoms with E-state index in [1.807, 2.05) is 0 Å². The van der Waals surface area contributed by atoms with E-state index in [-0.39, 0.29) is 0 Å². The van der Waals surface area contributed by atoms with Gasteiger partial charge < -0.3 is 9.47 Å². The number of nitrogens with zero attached hydrogens (tertiary/aromatic N) is 2. The first-order valence-corrected chi connectivity index (χ1v) is 8.11. The third kappa shape index (κ3) is 9.64. The van der Waals surface area contributed by atoms with E-state index in [0.717, 1.165) is 37.8 Å². The van der Waals surface area contributed by atoms with Crippen molar-refractivity contribution < 1.29 is 14.0 Å². The van der Waals surface area contributed by atoms with Crippen molar-refractivity contribution in [2.45, 2.75) is 39.0 Å². The molecule has 0 unspecified atom stereocenters. The van der Waals surface area contributed by atoms with Gasteiger partial charge in [-0.15, -0.1) is 9.60 Å². The highest BCUT2D eigenvalue weighted by Crippen LogP contribution is 2.02. The fraction of sp³-hybridized carbons (Fsp3) is 1.00. The minimum Gasteiger partial charge on any atom is -0.379 e. The number of rotatable bonds is 12. The van der Waals surface area contributed by atoms with Gasteiger partial charge in [0.2, 0.25) is 0 Å². The standard InChI is InChI=1S/C15H31FN2O2/c1-2-3-4-5-6-12-19-14-15-20-13-11-17-7-9-18(16)10-8-17/h2-15H2,1H3. The maximum absolute atomic E-state index is 12.8. The second-order valence-corrected chi connectivity index (χ2v) is 5.39. The van der Waals surface area contributed by atoms with Gasteiger partial charge in [-0.1, -0.05) is 32.6 Å². The van der Waals surface area contributed by atoms with Crippen LogP contribution >= 0.6 is 0 Å². The summed E-state index contributed by atoms with van der Waals surface area (Å²) in [5.74, 6) is 0. The average Bonchev–Trinajstić information content (AvgIpc) is 2.47. The third-order valence-electron chi connectivity index (χ3n) is 3.63. The highest BCUT2D eigenvalue weighted by atomic mass is 19.2. The summed E-state index contributed by atoms with van der Waals surface area (Å²) in [6.07, 6.45) is 6.38. The lowest BCUT2D eigenvalue weighted by Gasteiger charge is -2.29. The summed E-state index contributed by atoms with van der Waals surface area (Å²) < 4.78 is 23.8. The molecule has 0 aliphatic carbocycles. The van der Waals surface area contributed by atoms with Crippen molar-refractivity contribution in [3.05, 3.63) is 0 Å². The molecule has 0 N–H and O–H groups in total. The zero-order valence-corrected chi connectivity index (χ0v) is 13.0. The van der Waals surface area contributed by atoms with E-state index in [2.05, 4.69) is 11.8 Å². The van der Waals surface area contributed by atoms with Crippen molar-refractivity contribution >= 4 is 0 Å². The molecule has 1 aliphatic rings. The first kappa shape index (κ1) is 17.8. The molecule has 1 saturated heterocycles. The highest BCUT2D eigenvalue weighted by Gasteiger charge is 2.15. The van der Waals surface area contributed by atoms with Gasteiger partial charge in [-0.05, 0) is 6.42 Å². The van der Waals surface area contributed by atoms with E-state index >= 15 is 0 Å². The van der Waals surface area contributed by atoms with Crippen molar-refractivity contribution in [2.75, 3.05) is 59.2 Å². The first-order chi connectivity index (χ1) is 9.83. The quantitative estimate of drug-likeness (QED) is 0.407. The Balaban J connectivity index is 1.74. The highest BCUT2D eigenvalue weighted by molar-refractivity contribution is 4.66. The molecule has 0 bridgehead atoms. The summed E-state index contributed by atoms with van der Waals surface area (Å²) in [4.78, 5) is 2.24. The average molecular weight is 290 g/mol. The molecule has 5 heteroatoms. The number of hydrogen-bond acceptors (Lipinski definition) is 4. The van der Waals surface area contributed by atoms with Crippen LogP contribution < -0.4 is 0 Å². The summed E-state index contributed by atoms with van der Waals surface area (Å²) in [5, 5.41) is 0.881. The SMILES string of the molecule is CCCCCCCOCCOCCN1CCN(F)CC1. The van der Waals surface area contributed by atoms with E-state index < -0.39 is 0 Å². The van der Waals surface area contributed by atoms with Crippen LogP contribution in [0.15, 0.2) is 0 Å². The van der Waals surface area contributed by atoms with E-state index in [9.17, 15) is 4.48 Å². The van der Waals surface area contributed by atoms with Crippen molar-refractivity contribution in [2.24, 2.45) is 0 Å². The second-order valence-electron chi connectivity index (χ2n) is 5.39. The van der Waals surface area contributed by atoms with E-state index in [1.54, 1.807) is 0 Å². The van der Waals surface area contributed by atoms with Gasteiger partial charge in [-0.3, -0.25) is 4.90 Å². The summed E-state index contributed by atoms with van der Waals surface area (Å²) >= 11 is 0. The molecule has 0 aromatic rings. The molecule has 1 fully saturated rings. The molecule has 120 valence electrons. The number of hydrogen-bond donors (Lipinski definition) is 0. The fourth-order valence-corrected chi connectivity index (χ4v) is 2.27. The van der Waals surface area contributed by atoms with E-state index in [4.69, 9.17) is 9.47 Å². The predicted molar refractivity (Wildman–Crippen MR) is 79.5 cm³/mol. The minimum absolute atomic E-state index is 0.515. The largest absolute Gasteiger partial charge is 0.379 e. The Kier molecular flexibility index (Phi) is 11.1. The molecule has 0 aromatic heterocycles. The number of piperazine rings is 1. The lowest BCUT2D eigenvalue weighted by Crippen LogP contribution is -2.44. The van der Waals surface area contributed by atoms with Crippen LogP contribution in [0.5, 0.6) is 0 Å². The van der Waals surface area contributed by atoms with Crippen LogP contribution in [0.1, 0.15) is 39.0 Å². The van der Waals surface area contributed by atoms with Crippen LogP contribution in [0.25, 0.3) is 0 Å². The number of halogens is 1. The molecule has 1 aliphatic heterocycles. The fourth-order valence-electron chi connectivity index (χ4n) is 2.27. The van der Waals surface area contributed by atoms with Gasteiger partial charge in [0.15, 0.2) is 0 Å². The summed E-state index contributed by atoms with van der Waals surface area (Å²) in [5.41, 5.74) is 0. The van der Waals surface area contributed by atoms with Gasteiger partial charge in [-0.25, -0.2) is 0 Å². The van der Waals surface area contributed by atoms with Crippen LogP contribution in [-0.2, 0) is 9.47 Å². The predicted octanol–water partition coefficient (Wildman–Crippen LogP) is 2.49. The normalized spacial score (nSPS) is 17.7. The van der Waals surface area contributed by atoms with E-state index in [1.165, 1.54) is 25.7 Å². The van der Waals surface area contributed by atoms with E-state index in [0.29, 0.717) is 32.9 Å². The Bertz CT molecular complexity index is 212. The van der Waals surface area contributed by atoms with Crippen molar-refractivity contribution in [3.8, 4) is 0 Å². The summed E-state index contributed by atoms with van der Waals surface area (Å²) in [6.45, 7) is 8.67. The molecule has 0 radical (unpaired) electrons. The Morgan fingerprint density at radius 2 is 1.45 bits per heavy atom. The molecule has 0 amide bonds. The molecular weight excluding hydrogens is 259 g/mol. The Morgan fingerprint density at radius 1 is 0.800 bits per heavy atom. The van der Waals surface area contributed by atoms with Gasteiger partial charge in [0.05, 0.1) is 19.8 Å². The monoisotopic (exact) mass is 290 g/mol. The molecule has 4 nitrogen and oxygen atoms in total. The zero-order valence-electron chi connectivity index (χ0n) is 13.0. The molecule has 0 atom stereocenters. The van der Waals surface area contributed by atoms with Crippen LogP contribution in [0.3, 0.4) is 0 Å². The molecule has 1 heterocycles. The van der Waals surface area contributed by atoms with Crippen molar-refractivity contribution in [1.29, 1.82) is 0 Å². The van der Waals surface area contributed by atoms with Crippen LogP contribution in [-0.4, -0.2) is 69.2 Å². The van der Waals surface area contributed by atoms with Gasteiger partial charge in [0, 0.05) is 39.3 Å². The molecule has 0 spiro atoms. The summed E-state index contributed by atoms with van der Waals surface area (Å²) in [7, 11) is 0. The smallest absolute Gasteiger partial charge is 0.0701 e. The summed E-state index contributed by atoms with van der Waals surface area (Å²) in [6, 6.07) is 0. The Hall–Kier alpha value is -0.230. The number of ether oxygens (including phenoxy) is 2. The maximum atomic E-state index is 12.8. The van der Waals surface area contributed by atoms with Crippen molar-refractivity contribution in [3.63, 3.8) is 0 Å². The van der Waals surface area contributed by atoms with Crippen LogP contribution in [0.4, 0.5) is 4.48 Å². The molecular formula is C15H31FN2O2. The molecule has 1 rings (SSSR count). The molecule has 0 aromatic carbocycles. The van der Waals surface area contributed by atoms with Gasteiger partial charge in [0.1, 0.15) is 0 Å². The third-order valence-corrected chi connectivity index (χ3v) is 3.63. The molecule has 0 saturated carbocycles. The minimum atomic E-state index is 0.515. The first-order valence-electron chi connectivity index (χ1n) is 8.11. The Morgan fingerprint density at radius 3 is 2.15 bits per heavy atom. The second kappa shape index (κ2) is 12.5. The van der Waals surface area contributed by atoms with Crippen molar-refractivity contribution in [1.82, 2.24) is 10.0 Å². The Labute approximate surface area is 123 Å². The zero-order chi connectivity index (χ0) is 14.5. The van der Waals surface area contributed by atoms with Crippen LogP contribution in [0.2, 0.25) is 0 Å². The lowest BCUT2D eigenvalue weighted by molar-refractivity contribution is -0.0297. The lowest BCUT2D eigenvalue weighted by atomic mass is 10.2. The number of unbranched alkanes of at least 4 members (excludes halogenated alkanes) is 4. The van der Waals surface area contributed by atoms with Crippen LogP contribution in [0, 0.1) is 0 Å².